The summed E-state index contributed by atoms with van der Waals surface area (Å²) in [7, 11) is 4.08. The maximum Gasteiger partial charge on any atom is 0.226 e. The number of rotatable bonds is 10. The van der Waals surface area contributed by atoms with Crippen LogP contribution in [-0.2, 0) is 17.6 Å². The number of nitrogens with zero attached hydrogens (tertiary/aromatic N) is 3. The quantitative estimate of drug-likeness (QED) is 0.573. The zero-order valence-electron chi connectivity index (χ0n) is 17.0. The molecule has 29 heavy (non-hydrogen) atoms. The Bertz CT molecular complexity index is 878. The number of hydrogen-bond acceptors (Lipinski definition) is 5. The smallest absolute Gasteiger partial charge is 0.226 e. The fraction of sp³-hybridized carbons (Fsp3) is 0.348. The van der Waals surface area contributed by atoms with Crippen LogP contribution in [-0.4, -0.2) is 47.6 Å². The minimum Gasteiger partial charge on any atom is -0.355 e. The molecule has 0 aliphatic carbocycles. The normalized spacial score (nSPS) is 12.1. The third kappa shape index (κ3) is 6.54. The molecule has 1 unspecified atom stereocenters. The van der Waals surface area contributed by atoms with Crippen LogP contribution in [0.25, 0.3) is 11.4 Å². The topological polar surface area (TPSA) is 71.3 Å². The molecule has 152 valence electrons. The van der Waals surface area contributed by atoms with Gasteiger partial charge in [-0.05, 0) is 32.5 Å². The summed E-state index contributed by atoms with van der Waals surface area (Å²) in [5.74, 6) is 1.19. The van der Waals surface area contributed by atoms with Crippen LogP contribution in [0.5, 0.6) is 0 Å². The van der Waals surface area contributed by atoms with Gasteiger partial charge in [0.25, 0.3) is 0 Å². The summed E-state index contributed by atoms with van der Waals surface area (Å²) in [6.45, 7) is 0.624. The predicted molar refractivity (Wildman–Crippen MR) is 113 cm³/mol. The van der Waals surface area contributed by atoms with E-state index in [1.165, 1.54) is 5.56 Å². The molecule has 3 rings (SSSR count). The Balaban J connectivity index is 1.41. The van der Waals surface area contributed by atoms with Crippen LogP contribution in [0.1, 0.15) is 24.3 Å². The molecule has 6 nitrogen and oxygen atoms in total. The molecule has 3 aromatic rings. The second-order valence-corrected chi connectivity index (χ2v) is 7.34. The lowest BCUT2D eigenvalue weighted by Crippen LogP contribution is -2.41. The average molecular weight is 393 g/mol. The largest absolute Gasteiger partial charge is 0.355 e. The molecule has 1 aromatic heterocycles. The number of aromatic nitrogens is 2. The average Bonchev–Trinajstić information content (AvgIpc) is 3.21. The zero-order chi connectivity index (χ0) is 20.5. The summed E-state index contributed by atoms with van der Waals surface area (Å²) in [4.78, 5) is 18.8. The molecule has 1 atom stereocenters. The van der Waals surface area contributed by atoms with E-state index in [1.54, 1.807) is 0 Å². The van der Waals surface area contributed by atoms with Gasteiger partial charge in [0.15, 0.2) is 0 Å². The van der Waals surface area contributed by atoms with Gasteiger partial charge in [-0.2, -0.15) is 4.98 Å². The van der Waals surface area contributed by atoms with E-state index in [0.717, 1.165) is 12.0 Å². The first-order chi connectivity index (χ1) is 14.1. The van der Waals surface area contributed by atoms with Crippen molar-refractivity contribution in [2.45, 2.75) is 31.7 Å². The van der Waals surface area contributed by atoms with Crippen LogP contribution in [0, 0.1) is 0 Å². The summed E-state index contributed by atoms with van der Waals surface area (Å²) in [5.41, 5.74) is 2.19. The van der Waals surface area contributed by atoms with Gasteiger partial charge < -0.3 is 14.7 Å². The lowest BCUT2D eigenvalue weighted by molar-refractivity contribution is -0.121. The Morgan fingerprint density at radius 3 is 2.45 bits per heavy atom. The van der Waals surface area contributed by atoms with Gasteiger partial charge in [-0.25, -0.2) is 0 Å². The van der Waals surface area contributed by atoms with Crippen molar-refractivity contribution >= 4 is 5.91 Å². The molecule has 0 spiro atoms. The van der Waals surface area contributed by atoms with Gasteiger partial charge in [0.2, 0.25) is 17.6 Å². The Labute approximate surface area is 171 Å². The van der Waals surface area contributed by atoms with E-state index >= 15 is 0 Å². The zero-order valence-corrected chi connectivity index (χ0v) is 17.0. The Kier molecular flexibility index (Phi) is 7.53. The van der Waals surface area contributed by atoms with Crippen LogP contribution in [0.15, 0.2) is 65.2 Å². The van der Waals surface area contributed by atoms with Crippen LogP contribution in [0.2, 0.25) is 0 Å². The van der Waals surface area contributed by atoms with Gasteiger partial charge in [0, 0.05) is 31.0 Å². The van der Waals surface area contributed by atoms with E-state index in [4.69, 9.17) is 4.52 Å². The second kappa shape index (κ2) is 10.5. The molecule has 0 aliphatic rings. The SMILES string of the molecule is CN(C)C(CNC(=O)CCCc1nc(-c2ccccc2)no1)Cc1ccccc1. The molecule has 0 aliphatic heterocycles. The van der Waals surface area contributed by atoms with Crippen molar-refractivity contribution in [3.05, 3.63) is 72.1 Å². The molecule has 0 radical (unpaired) electrons. The van der Waals surface area contributed by atoms with Crippen molar-refractivity contribution < 1.29 is 9.32 Å². The Morgan fingerprint density at radius 1 is 1.07 bits per heavy atom. The van der Waals surface area contributed by atoms with Gasteiger partial charge in [0.05, 0.1) is 0 Å². The highest BCUT2D eigenvalue weighted by Gasteiger charge is 2.14. The summed E-state index contributed by atoms with van der Waals surface area (Å²) >= 11 is 0. The van der Waals surface area contributed by atoms with Gasteiger partial charge >= 0.3 is 0 Å². The number of carbonyl (C=O) groups is 1. The molecule has 0 saturated carbocycles. The summed E-state index contributed by atoms with van der Waals surface area (Å²) < 4.78 is 5.30. The van der Waals surface area contributed by atoms with Crippen molar-refractivity contribution in [3.63, 3.8) is 0 Å². The third-order valence-corrected chi connectivity index (χ3v) is 4.87. The maximum absolute atomic E-state index is 12.2. The van der Waals surface area contributed by atoms with Crippen molar-refractivity contribution in [3.8, 4) is 11.4 Å². The molecule has 0 bridgehead atoms. The number of hydrogen-bond donors (Lipinski definition) is 1. The van der Waals surface area contributed by atoms with Gasteiger partial charge in [-0.1, -0.05) is 65.8 Å². The third-order valence-electron chi connectivity index (χ3n) is 4.87. The molecule has 2 aromatic carbocycles. The molecule has 6 heteroatoms. The fourth-order valence-electron chi connectivity index (χ4n) is 3.10. The van der Waals surface area contributed by atoms with Crippen LogP contribution in [0.3, 0.4) is 0 Å². The van der Waals surface area contributed by atoms with E-state index in [1.807, 2.05) is 62.6 Å². The van der Waals surface area contributed by atoms with Crippen LogP contribution in [0.4, 0.5) is 0 Å². The molecule has 1 N–H and O–H groups in total. The molecular weight excluding hydrogens is 364 g/mol. The fourth-order valence-corrected chi connectivity index (χ4v) is 3.10. The number of likely N-dealkylation sites (N-methyl/N-ethyl adjacent to an activating group) is 1. The lowest BCUT2D eigenvalue weighted by Gasteiger charge is -2.24. The standard InChI is InChI=1S/C23H28N4O2/c1-27(2)20(16-18-10-5-3-6-11-18)17-24-21(28)14-9-15-22-25-23(26-29-22)19-12-7-4-8-13-19/h3-8,10-13,20H,9,14-17H2,1-2H3,(H,24,28). The summed E-state index contributed by atoms with van der Waals surface area (Å²) in [6.07, 6.45) is 2.61. The summed E-state index contributed by atoms with van der Waals surface area (Å²) in [6, 6.07) is 20.3. The number of amides is 1. The number of carbonyl (C=O) groups excluding carboxylic acids is 1. The van der Waals surface area contributed by atoms with Crippen LogP contribution >= 0.6 is 0 Å². The lowest BCUT2D eigenvalue weighted by atomic mass is 10.1. The highest BCUT2D eigenvalue weighted by Crippen LogP contribution is 2.15. The van der Waals surface area contributed by atoms with Crippen molar-refractivity contribution in [2.75, 3.05) is 20.6 Å². The van der Waals surface area contributed by atoms with Crippen molar-refractivity contribution in [2.24, 2.45) is 0 Å². The monoisotopic (exact) mass is 392 g/mol. The van der Waals surface area contributed by atoms with E-state index < -0.39 is 0 Å². The molecular formula is C23H28N4O2. The molecule has 1 amide bonds. The van der Waals surface area contributed by atoms with E-state index in [9.17, 15) is 4.79 Å². The van der Waals surface area contributed by atoms with E-state index in [2.05, 4.69) is 32.5 Å². The Morgan fingerprint density at radius 2 is 1.76 bits per heavy atom. The second-order valence-electron chi connectivity index (χ2n) is 7.34. The highest BCUT2D eigenvalue weighted by molar-refractivity contribution is 5.75. The molecule has 0 saturated heterocycles. The maximum atomic E-state index is 12.2. The van der Waals surface area contributed by atoms with Gasteiger partial charge in [-0.15, -0.1) is 0 Å². The first-order valence-corrected chi connectivity index (χ1v) is 9.97. The number of nitrogens with one attached hydrogen (secondary N) is 1. The molecule has 1 heterocycles. The number of benzene rings is 2. The van der Waals surface area contributed by atoms with Crippen molar-refractivity contribution in [1.29, 1.82) is 0 Å². The summed E-state index contributed by atoms with van der Waals surface area (Å²) in [5, 5.41) is 7.07. The minimum absolute atomic E-state index is 0.0488. The Hall–Kier alpha value is -2.99. The molecule has 0 fully saturated rings. The minimum atomic E-state index is 0.0488. The van der Waals surface area contributed by atoms with E-state index in [0.29, 0.717) is 37.5 Å². The van der Waals surface area contributed by atoms with Gasteiger partial charge in [0.1, 0.15) is 0 Å². The van der Waals surface area contributed by atoms with Crippen LogP contribution < -0.4 is 5.32 Å². The first-order valence-electron chi connectivity index (χ1n) is 9.97. The highest BCUT2D eigenvalue weighted by atomic mass is 16.5. The predicted octanol–water partition coefficient (Wildman–Crippen LogP) is 3.35. The van der Waals surface area contributed by atoms with Crippen molar-refractivity contribution in [1.82, 2.24) is 20.4 Å². The first kappa shape index (κ1) is 20.7. The number of aryl methyl sites for hydroxylation is 1. The van der Waals surface area contributed by atoms with E-state index in [-0.39, 0.29) is 11.9 Å². The van der Waals surface area contributed by atoms with Gasteiger partial charge in [-0.3, -0.25) is 4.79 Å².